The lowest BCUT2D eigenvalue weighted by molar-refractivity contribution is 0.382. The van der Waals surface area contributed by atoms with E-state index < -0.39 is 10.0 Å². The van der Waals surface area contributed by atoms with Crippen LogP contribution in [-0.4, -0.2) is 34.7 Å². The van der Waals surface area contributed by atoms with Crippen LogP contribution in [0.15, 0.2) is 0 Å². The molecule has 5 nitrogen and oxygen atoms in total. The van der Waals surface area contributed by atoms with E-state index in [0.717, 1.165) is 17.8 Å². The molecule has 0 aromatic carbocycles. The van der Waals surface area contributed by atoms with Crippen LogP contribution in [0.2, 0.25) is 0 Å². The van der Waals surface area contributed by atoms with Crippen LogP contribution in [0.1, 0.15) is 30.8 Å². The zero-order valence-corrected chi connectivity index (χ0v) is 10.6. The highest BCUT2D eigenvalue weighted by molar-refractivity contribution is 7.89. The molecule has 1 N–H and O–H groups in total. The highest BCUT2D eigenvalue weighted by Gasteiger charge is 2.30. The summed E-state index contributed by atoms with van der Waals surface area (Å²) in [5.74, 6) is 0. The van der Waals surface area contributed by atoms with E-state index in [0.29, 0.717) is 13.1 Å². The van der Waals surface area contributed by atoms with Gasteiger partial charge in [-0.15, -0.1) is 0 Å². The van der Waals surface area contributed by atoms with E-state index >= 15 is 0 Å². The van der Waals surface area contributed by atoms with Crippen LogP contribution in [0.3, 0.4) is 0 Å². The van der Waals surface area contributed by atoms with Crippen molar-refractivity contribution in [1.82, 2.24) is 14.5 Å². The Kier molecular flexibility index (Phi) is 2.79. The molecule has 0 amide bonds. The summed E-state index contributed by atoms with van der Waals surface area (Å²) < 4.78 is 25.5. The minimum atomic E-state index is -3.15. The van der Waals surface area contributed by atoms with E-state index in [9.17, 15) is 8.42 Å². The van der Waals surface area contributed by atoms with Gasteiger partial charge >= 0.3 is 0 Å². The largest absolute Gasteiger partial charge is 0.281 e. The number of aromatic amines is 1. The van der Waals surface area contributed by atoms with Crippen molar-refractivity contribution in [2.45, 2.75) is 39.0 Å². The minimum absolute atomic E-state index is 0.363. The third kappa shape index (κ3) is 1.76. The molecule has 6 heteroatoms. The summed E-state index contributed by atoms with van der Waals surface area (Å²) >= 11 is 0. The Bertz CT molecular complexity index is 490. The maximum atomic E-state index is 12.0. The fourth-order valence-corrected chi connectivity index (χ4v) is 3.23. The average molecular weight is 243 g/mol. The summed E-state index contributed by atoms with van der Waals surface area (Å²) in [6.07, 6.45) is 0.754. The number of aryl methyl sites for hydroxylation is 1. The van der Waals surface area contributed by atoms with Crippen LogP contribution in [-0.2, 0) is 23.0 Å². The predicted octanol–water partition coefficient (Wildman–Crippen LogP) is 0.814. The Labute approximate surface area is 95.9 Å². The number of sulfonamides is 1. The smallest absolute Gasteiger partial charge is 0.216 e. The highest BCUT2D eigenvalue weighted by Crippen LogP contribution is 2.23. The molecule has 1 aromatic rings. The van der Waals surface area contributed by atoms with E-state index in [4.69, 9.17) is 0 Å². The molecule has 2 heterocycles. The number of hydrogen-bond acceptors (Lipinski definition) is 3. The summed E-state index contributed by atoms with van der Waals surface area (Å²) in [5, 5.41) is 6.66. The van der Waals surface area contributed by atoms with Crippen molar-refractivity contribution in [1.29, 1.82) is 0 Å². The van der Waals surface area contributed by atoms with E-state index in [1.54, 1.807) is 13.8 Å². The van der Waals surface area contributed by atoms with Gasteiger partial charge in [0.2, 0.25) is 10.0 Å². The Morgan fingerprint density at radius 2 is 2.12 bits per heavy atom. The number of nitrogens with zero attached hydrogens (tertiary/aromatic N) is 2. The van der Waals surface area contributed by atoms with E-state index in [2.05, 4.69) is 10.2 Å². The second-order valence-electron chi connectivity index (χ2n) is 4.44. The van der Waals surface area contributed by atoms with Crippen LogP contribution < -0.4 is 0 Å². The predicted molar refractivity (Wildman–Crippen MR) is 61.5 cm³/mol. The average Bonchev–Trinajstić information content (AvgIpc) is 2.60. The first-order valence-electron chi connectivity index (χ1n) is 5.44. The molecule has 0 unspecified atom stereocenters. The number of hydrogen-bond donors (Lipinski definition) is 1. The van der Waals surface area contributed by atoms with Crippen molar-refractivity contribution >= 4 is 10.0 Å². The first-order valence-corrected chi connectivity index (χ1v) is 6.95. The Morgan fingerprint density at radius 3 is 2.75 bits per heavy atom. The SMILES string of the molecule is Cc1n[nH]c2c1CCN(S(=O)(=O)C(C)C)C2. The van der Waals surface area contributed by atoms with Gasteiger partial charge in [0.1, 0.15) is 0 Å². The van der Waals surface area contributed by atoms with Crippen molar-refractivity contribution in [3.8, 4) is 0 Å². The van der Waals surface area contributed by atoms with Crippen molar-refractivity contribution in [3.05, 3.63) is 17.0 Å². The van der Waals surface area contributed by atoms with Gasteiger partial charge in [-0.1, -0.05) is 0 Å². The van der Waals surface area contributed by atoms with Crippen molar-refractivity contribution < 1.29 is 8.42 Å². The first kappa shape index (κ1) is 11.6. The molecule has 0 fully saturated rings. The van der Waals surface area contributed by atoms with Gasteiger partial charge < -0.3 is 0 Å². The molecule has 0 saturated carbocycles. The second-order valence-corrected chi connectivity index (χ2v) is 6.93. The van der Waals surface area contributed by atoms with Gasteiger partial charge in [-0.3, -0.25) is 5.10 Å². The van der Waals surface area contributed by atoms with Crippen molar-refractivity contribution in [3.63, 3.8) is 0 Å². The summed E-state index contributed by atoms with van der Waals surface area (Å²) in [5.41, 5.74) is 3.10. The fraction of sp³-hybridized carbons (Fsp3) is 0.700. The molecule has 0 bridgehead atoms. The maximum Gasteiger partial charge on any atom is 0.216 e. The molecule has 16 heavy (non-hydrogen) atoms. The minimum Gasteiger partial charge on any atom is -0.281 e. The monoisotopic (exact) mass is 243 g/mol. The molecule has 0 atom stereocenters. The molecule has 0 aliphatic carbocycles. The van der Waals surface area contributed by atoms with E-state index in [-0.39, 0.29) is 5.25 Å². The lowest BCUT2D eigenvalue weighted by atomic mass is 10.1. The van der Waals surface area contributed by atoms with Crippen molar-refractivity contribution in [2.75, 3.05) is 6.54 Å². The number of fused-ring (bicyclic) bond motifs is 1. The molecular weight excluding hydrogens is 226 g/mol. The number of rotatable bonds is 2. The topological polar surface area (TPSA) is 66.1 Å². The Hall–Kier alpha value is -0.880. The second kappa shape index (κ2) is 3.85. The molecule has 1 aliphatic rings. The number of nitrogens with one attached hydrogen (secondary N) is 1. The standard InChI is InChI=1S/C10H17N3O2S/c1-7(2)16(14,15)13-5-4-9-8(3)11-12-10(9)6-13/h7H,4-6H2,1-3H3,(H,11,12). The van der Waals surface area contributed by atoms with Gasteiger partial charge in [0.15, 0.2) is 0 Å². The zero-order valence-electron chi connectivity index (χ0n) is 9.82. The summed E-state index contributed by atoms with van der Waals surface area (Å²) in [7, 11) is -3.15. The number of H-pyrrole nitrogens is 1. The Balaban J connectivity index is 2.27. The van der Waals surface area contributed by atoms with E-state index in [1.807, 2.05) is 6.92 Å². The third-order valence-electron chi connectivity index (χ3n) is 3.06. The van der Waals surface area contributed by atoms with Gasteiger partial charge in [-0.25, -0.2) is 8.42 Å². The van der Waals surface area contributed by atoms with Crippen LogP contribution in [0.5, 0.6) is 0 Å². The molecular formula is C10H17N3O2S. The molecule has 90 valence electrons. The molecule has 1 aromatic heterocycles. The van der Waals surface area contributed by atoms with Crippen LogP contribution in [0.4, 0.5) is 0 Å². The highest BCUT2D eigenvalue weighted by atomic mass is 32.2. The molecule has 0 spiro atoms. The molecule has 0 saturated heterocycles. The third-order valence-corrected chi connectivity index (χ3v) is 5.28. The van der Waals surface area contributed by atoms with Gasteiger partial charge in [0.25, 0.3) is 0 Å². The summed E-state index contributed by atoms with van der Waals surface area (Å²) in [6.45, 7) is 6.36. The molecule has 1 aliphatic heterocycles. The van der Waals surface area contributed by atoms with Gasteiger partial charge in [0, 0.05) is 6.54 Å². The van der Waals surface area contributed by atoms with Crippen LogP contribution >= 0.6 is 0 Å². The van der Waals surface area contributed by atoms with Crippen molar-refractivity contribution in [2.24, 2.45) is 0 Å². The lowest BCUT2D eigenvalue weighted by Crippen LogP contribution is -2.39. The summed E-state index contributed by atoms with van der Waals surface area (Å²) in [6, 6.07) is 0. The summed E-state index contributed by atoms with van der Waals surface area (Å²) in [4.78, 5) is 0. The molecule has 2 rings (SSSR count). The van der Waals surface area contributed by atoms with E-state index in [1.165, 1.54) is 9.87 Å². The zero-order chi connectivity index (χ0) is 11.9. The maximum absolute atomic E-state index is 12.0. The van der Waals surface area contributed by atoms with Gasteiger partial charge in [-0.05, 0) is 32.8 Å². The first-order chi connectivity index (χ1) is 7.43. The van der Waals surface area contributed by atoms with Gasteiger partial charge in [-0.2, -0.15) is 9.40 Å². The van der Waals surface area contributed by atoms with Crippen LogP contribution in [0, 0.1) is 6.92 Å². The quantitative estimate of drug-likeness (QED) is 0.836. The number of aromatic nitrogens is 2. The molecule has 0 radical (unpaired) electrons. The fourth-order valence-electron chi connectivity index (χ4n) is 1.97. The Morgan fingerprint density at radius 1 is 1.44 bits per heavy atom. The van der Waals surface area contributed by atoms with Gasteiger partial charge in [0.05, 0.1) is 23.2 Å². The van der Waals surface area contributed by atoms with Crippen LogP contribution in [0.25, 0.3) is 0 Å². The normalized spacial score (nSPS) is 17.8. The lowest BCUT2D eigenvalue weighted by Gasteiger charge is -2.27.